The summed E-state index contributed by atoms with van der Waals surface area (Å²) in [6, 6.07) is 1.73. The maximum Gasteiger partial charge on any atom is 0.311 e. The Labute approximate surface area is 135 Å². The second-order valence-corrected chi connectivity index (χ2v) is 6.19. The van der Waals surface area contributed by atoms with E-state index in [1.807, 2.05) is 0 Å². The Kier molecular flexibility index (Phi) is 4.35. The maximum atomic E-state index is 12.4. The van der Waals surface area contributed by atoms with Crippen LogP contribution in [0, 0.1) is 5.41 Å². The van der Waals surface area contributed by atoms with E-state index in [1.54, 1.807) is 11.4 Å². The van der Waals surface area contributed by atoms with Gasteiger partial charge in [0.2, 0.25) is 0 Å². The molecule has 0 aromatic carbocycles. The van der Waals surface area contributed by atoms with Crippen molar-refractivity contribution in [2.24, 2.45) is 5.41 Å². The number of hydrogen-bond acceptors (Lipinski definition) is 7. The van der Waals surface area contributed by atoms with Crippen LogP contribution in [0.1, 0.15) is 22.5 Å². The summed E-state index contributed by atoms with van der Waals surface area (Å²) < 4.78 is 6.62. The smallest absolute Gasteiger partial charge is 0.311 e. The van der Waals surface area contributed by atoms with Crippen molar-refractivity contribution in [3.05, 3.63) is 22.7 Å². The lowest BCUT2D eigenvalue weighted by molar-refractivity contribution is -0.154. The fourth-order valence-electron chi connectivity index (χ4n) is 2.48. The molecule has 1 fully saturated rings. The van der Waals surface area contributed by atoms with Crippen molar-refractivity contribution in [1.29, 1.82) is 0 Å². The Balaban J connectivity index is 1.73. The SMILES string of the molecule is O=C(NCC1(C(=O)O)CCOCC1)c1sccc1-n1cnnn1. The molecular formula is C13H15N5O4S. The van der Waals surface area contributed by atoms with Gasteiger partial charge in [0.15, 0.2) is 0 Å². The van der Waals surface area contributed by atoms with Crippen molar-refractivity contribution in [2.45, 2.75) is 12.8 Å². The number of carbonyl (C=O) groups excluding carboxylic acids is 1. The first-order valence-electron chi connectivity index (χ1n) is 7.03. The third-order valence-electron chi connectivity index (χ3n) is 3.94. The van der Waals surface area contributed by atoms with Crippen LogP contribution < -0.4 is 5.32 Å². The maximum absolute atomic E-state index is 12.4. The van der Waals surface area contributed by atoms with E-state index < -0.39 is 11.4 Å². The molecule has 0 unspecified atom stereocenters. The van der Waals surface area contributed by atoms with Crippen LogP contribution in [0.4, 0.5) is 0 Å². The molecule has 0 atom stereocenters. The summed E-state index contributed by atoms with van der Waals surface area (Å²) in [5.74, 6) is -1.24. The van der Waals surface area contributed by atoms with Crippen molar-refractivity contribution >= 4 is 23.2 Å². The molecular weight excluding hydrogens is 322 g/mol. The Morgan fingerprint density at radius 2 is 2.22 bits per heavy atom. The fourth-order valence-corrected chi connectivity index (χ4v) is 3.28. The lowest BCUT2D eigenvalue weighted by atomic mass is 9.80. The van der Waals surface area contributed by atoms with Crippen LogP contribution in [0.5, 0.6) is 0 Å². The molecule has 2 N–H and O–H groups in total. The number of aliphatic carboxylic acids is 1. The number of ether oxygens (including phenoxy) is 1. The highest BCUT2D eigenvalue weighted by molar-refractivity contribution is 7.12. The molecule has 0 spiro atoms. The fraction of sp³-hybridized carbons (Fsp3) is 0.462. The van der Waals surface area contributed by atoms with Gasteiger partial charge in [-0.2, -0.15) is 4.68 Å². The van der Waals surface area contributed by atoms with Crippen molar-refractivity contribution in [3.63, 3.8) is 0 Å². The Hall–Kier alpha value is -2.33. The van der Waals surface area contributed by atoms with Gasteiger partial charge in [-0.05, 0) is 34.7 Å². The van der Waals surface area contributed by atoms with Gasteiger partial charge in [0.05, 0.1) is 11.1 Å². The van der Waals surface area contributed by atoms with Crippen LogP contribution in [-0.2, 0) is 9.53 Å². The topological polar surface area (TPSA) is 119 Å². The molecule has 1 saturated heterocycles. The Morgan fingerprint density at radius 1 is 1.43 bits per heavy atom. The van der Waals surface area contributed by atoms with E-state index in [0.29, 0.717) is 36.6 Å². The molecule has 3 heterocycles. The number of carboxylic acid groups (broad SMARTS) is 1. The van der Waals surface area contributed by atoms with Gasteiger partial charge < -0.3 is 15.2 Å². The van der Waals surface area contributed by atoms with E-state index >= 15 is 0 Å². The number of tetrazole rings is 1. The number of nitrogens with zero attached hydrogens (tertiary/aromatic N) is 4. The van der Waals surface area contributed by atoms with Crippen molar-refractivity contribution in [1.82, 2.24) is 25.5 Å². The monoisotopic (exact) mass is 337 g/mol. The summed E-state index contributed by atoms with van der Waals surface area (Å²) >= 11 is 1.25. The molecule has 0 radical (unpaired) electrons. The number of amides is 1. The third-order valence-corrected chi connectivity index (χ3v) is 4.84. The first-order valence-corrected chi connectivity index (χ1v) is 7.90. The minimum atomic E-state index is -0.972. The average Bonchev–Trinajstić information content (AvgIpc) is 3.23. The van der Waals surface area contributed by atoms with Crippen LogP contribution in [0.25, 0.3) is 5.69 Å². The van der Waals surface area contributed by atoms with Crippen LogP contribution in [-0.4, -0.2) is 56.9 Å². The zero-order valence-electron chi connectivity index (χ0n) is 12.1. The molecule has 122 valence electrons. The summed E-state index contributed by atoms with van der Waals surface area (Å²) in [5, 5.41) is 24.8. The molecule has 1 aliphatic rings. The molecule has 23 heavy (non-hydrogen) atoms. The first kappa shape index (κ1) is 15.6. The summed E-state index contributed by atoms with van der Waals surface area (Å²) in [6.07, 6.45) is 2.16. The Morgan fingerprint density at radius 3 is 2.87 bits per heavy atom. The van der Waals surface area contributed by atoms with E-state index in [2.05, 4.69) is 20.8 Å². The van der Waals surface area contributed by atoms with Crippen LogP contribution >= 0.6 is 11.3 Å². The van der Waals surface area contributed by atoms with Gasteiger partial charge in [0.25, 0.3) is 5.91 Å². The second kappa shape index (κ2) is 6.42. The third kappa shape index (κ3) is 3.08. The highest BCUT2D eigenvalue weighted by Gasteiger charge is 2.40. The zero-order chi connectivity index (χ0) is 16.3. The second-order valence-electron chi connectivity index (χ2n) is 5.27. The van der Waals surface area contributed by atoms with E-state index in [9.17, 15) is 14.7 Å². The zero-order valence-corrected chi connectivity index (χ0v) is 13.0. The minimum Gasteiger partial charge on any atom is -0.481 e. The van der Waals surface area contributed by atoms with Crippen molar-refractivity contribution in [3.8, 4) is 5.69 Å². The van der Waals surface area contributed by atoms with Gasteiger partial charge in [-0.15, -0.1) is 16.4 Å². The molecule has 2 aromatic heterocycles. The molecule has 3 rings (SSSR count). The largest absolute Gasteiger partial charge is 0.481 e. The van der Waals surface area contributed by atoms with E-state index in [-0.39, 0.29) is 12.5 Å². The summed E-state index contributed by atoms with van der Waals surface area (Å²) in [4.78, 5) is 24.5. The van der Waals surface area contributed by atoms with E-state index in [1.165, 1.54) is 22.3 Å². The van der Waals surface area contributed by atoms with Crippen molar-refractivity contribution < 1.29 is 19.4 Å². The normalized spacial score (nSPS) is 16.9. The molecule has 9 nitrogen and oxygen atoms in total. The van der Waals surface area contributed by atoms with Crippen molar-refractivity contribution in [2.75, 3.05) is 19.8 Å². The molecule has 2 aromatic rings. The lowest BCUT2D eigenvalue weighted by Crippen LogP contribution is -2.46. The van der Waals surface area contributed by atoms with Gasteiger partial charge in [-0.1, -0.05) is 0 Å². The molecule has 0 saturated carbocycles. The number of nitrogens with one attached hydrogen (secondary N) is 1. The van der Waals surface area contributed by atoms with Gasteiger partial charge in [0, 0.05) is 19.8 Å². The molecule has 0 bridgehead atoms. The Bertz CT molecular complexity index is 693. The van der Waals surface area contributed by atoms with Gasteiger partial charge in [-0.3, -0.25) is 9.59 Å². The molecule has 1 amide bonds. The quantitative estimate of drug-likeness (QED) is 0.807. The standard InChI is InChI=1S/C13H15N5O4S/c19-11(10-9(1-6-23-10)18-8-15-16-17-18)14-7-13(12(20)21)2-4-22-5-3-13/h1,6,8H,2-5,7H2,(H,14,19)(H,20,21). The van der Waals surface area contributed by atoms with E-state index in [4.69, 9.17) is 4.74 Å². The van der Waals surface area contributed by atoms with Crippen LogP contribution in [0.2, 0.25) is 0 Å². The summed E-state index contributed by atoms with van der Waals surface area (Å²) in [6.45, 7) is 0.839. The number of rotatable bonds is 5. The number of hydrogen-bond donors (Lipinski definition) is 2. The molecule has 1 aliphatic heterocycles. The number of carboxylic acids is 1. The molecule has 0 aliphatic carbocycles. The summed E-state index contributed by atoms with van der Waals surface area (Å²) in [5.41, 5.74) is -0.408. The average molecular weight is 337 g/mol. The van der Waals surface area contributed by atoms with Gasteiger partial charge in [-0.25, -0.2) is 0 Å². The number of thiophene rings is 1. The summed E-state index contributed by atoms with van der Waals surface area (Å²) in [7, 11) is 0. The number of carbonyl (C=O) groups is 2. The predicted molar refractivity (Wildman–Crippen MR) is 79.5 cm³/mol. The lowest BCUT2D eigenvalue weighted by Gasteiger charge is -2.33. The van der Waals surface area contributed by atoms with E-state index in [0.717, 1.165) is 0 Å². The highest BCUT2D eigenvalue weighted by atomic mass is 32.1. The predicted octanol–water partition coefficient (Wildman–Crippen LogP) is 0.335. The minimum absolute atomic E-state index is 0.0669. The highest BCUT2D eigenvalue weighted by Crippen LogP contribution is 2.30. The van der Waals surface area contributed by atoms with Gasteiger partial charge >= 0.3 is 5.97 Å². The van der Waals surface area contributed by atoms with Gasteiger partial charge in [0.1, 0.15) is 11.2 Å². The van der Waals surface area contributed by atoms with Crippen LogP contribution in [0.3, 0.4) is 0 Å². The molecule has 10 heteroatoms. The first-order chi connectivity index (χ1) is 11.1. The number of aromatic nitrogens is 4. The van der Waals surface area contributed by atoms with Crippen LogP contribution in [0.15, 0.2) is 17.8 Å².